The number of anilines is 1. The Morgan fingerprint density at radius 2 is 1.75 bits per heavy atom. The minimum atomic E-state index is 0.396. The number of nitrogens with zero attached hydrogens (tertiary/aromatic N) is 1. The molecule has 1 nitrogen and oxygen atoms in total. The standard InChI is InChI=1S/C17H19Cl2N/c1-13(2)20(12-14-6-4-3-5-7-14)16-9-8-15(11-18)17(19)10-16/h3-10,13H,11-12H2,1-2H3. The molecule has 106 valence electrons. The summed E-state index contributed by atoms with van der Waals surface area (Å²) in [6.07, 6.45) is 0. The molecule has 0 radical (unpaired) electrons. The number of hydrogen-bond donors (Lipinski definition) is 0. The third-order valence-corrected chi connectivity index (χ3v) is 3.97. The molecule has 0 aliphatic rings. The van der Waals surface area contributed by atoms with Crippen molar-refractivity contribution in [3.05, 3.63) is 64.7 Å². The lowest BCUT2D eigenvalue weighted by Crippen LogP contribution is -2.30. The third-order valence-electron chi connectivity index (χ3n) is 3.33. The van der Waals surface area contributed by atoms with E-state index in [0.717, 1.165) is 22.8 Å². The zero-order valence-corrected chi connectivity index (χ0v) is 13.3. The van der Waals surface area contributed by atoms with Crippen molar-refractivity contribution in [3.8, 4) is 0 Å². The van der Waals surface area contributed by atoms with Gasteiger partial charge >= 0.3 is 0 Å². The van der Waals surface area contributed by atoms with Gasteiger partial charge in [-0.3, -0.25) is 0 Å². The molecular weight excluding hydrogens is 289 g/mol. The molecule has 2 aromatic carbocycles. The van der Waals surface area contributed by atoms with Crippen LogP contribution in [-0.2, 0) is 12.4 Å². The van der Waals surface area contributed by atoms with E-state index in [-0.39, 0.29) is 0 Å². The van der Waals surface area contributed by atoms with Crippen LogP contribution in [0.1, 0.15) is 25.0 Å². The van der Waals surface area contributed by atoms with Gasteiger partial charge in [0.2, 0.25) is 0 Å². The third kappa shape index (κ3) is 3.68. The van der Waals surface area contributed by atoms with E-state index < -0.39 is 0 Å². The van der Waals surface area contributed by atoms with Crippen LogP contribution in [0.25, 0.3) is 0 Å². The van der Waals surface area contributed by atoms with Crippen LogP contribution in [0.4, 0.5) is 5.69 Å². The first kappa shape index (κ1) is 15.2. The second-order valence-corrected chi connectivity index (χ2v) is 5.79. The van der Waals surface area contributed by atoms with E-state index in [2.05, 4.69) is 49.1 Å². The maximum Gasteiger partial charge on any atom is 0.0488 e. The summed E-state index contributed by atoms with van der Waals surface area (Å²) < 4.78 is 0. The average Bonchev–Trinajstić information content (AvgIpc) is 2.45. The van der Waals surface area contributed by atoms with Crippen LogP contribution in [0.5, 0.6) is 0 Å². The Hall–Kier alpha value is -1.18. The van der Waals surface area contributed by atoms with Crippen LogP contribution in [0.2, 0.25) is 5.02 Å². The molecule has 0 aliphatic carbocycles. The molecule has 0 saturated carbocycles. The topological polar surface area (TPSA) is 3.24 Å². The Bertz CT molecular complexity index is 552. The second kappa shape index (κ2) is 7.01. The molecule has 0 unspecified atom stereocenters. The first-order chi connectivity index (χ1) is 9.61. The maximum absolute atomic E-state index is 6.27. The highest BCUT2D eigenvalue weighted by Gasteiger charge is 2.12. The van der Waals surface area contributed by atoms with Crippen LogP contribution in [0, 0.1) is 0 Å². The molecule has 0 N–H and O–H groups in total. The zero-order valence-electron chi connectivity index (χ0n) is 11.8. The summed E-state index contributed by atoms with van der Waals surface area (Å²) in [5, 5.41) is 0.733. The van der Waals surface area contributed by atoms with E-state index in [0.29, 0.717) is 11.9 Å². The molecule has 0 bridgehead atoms. The lowest BCUT2D eigenvalue weighted by Gasteiger charge is -2.29. The van der Waals surface area contributed by atoms with Crippen LogP contribution >= 0.6 is 23.2 Å². The van der Waals surface area contributed by atoms with Crippen molar-refractivity contribution in [2.24, 2.45) is 0 Å². The molecule has 0 amide bonds. The van der Waals surface area contributed by atoms with E-state index in [4.69, 9.17) is 23.2 Å². The van der Waals surface area contributed by atoms with Gasteiger partial charge in [0.05, 0.1) is 0 Å². The van der Waals surface area contributed by atoms with E-state index in [9.17, 15) is 0 Å². The molecule has 0 heterocycles. The van der Waals surface area contributed by atoms with Crippen molar-refractivity contribution in [2.75, 3.05) is 4.90 Å². The fourth-order valence-corrected chi connectivity index (χ4v) is 2.72. The molecule has 20 heavy (non-hydrogen) atoms. The van der Waals surface area contributed by atoms with Crippen LogP contribution in [0.15, 0.2) is 48.5 Å². The van der Waals surface area contributed by atoms with E-state index in [1.54, 1.807) is 0 Å². The predicted molar refractivity (Wildman–Crippen MR) is 88.8 cm³/mol. The quantitative estimate of drug-likeness (QED) is 0.660. The van der Waals surface area contributed by atoms with Gasteiger partial charge in [0.15, 0.2) is 0 Å². The normalized spacial score (nSPS) is 10.8. The summed E-state index contributed by atoms with van der Waals surface area (Å²) in [5.41, 5.74) is 3.39. The first-order valence-corrected chi connectivity index (χ1v) is 7.68. The lowest BCUT2D eigenvalue weighted by atomic mass is 10.1. The zero-order chi connectivity index (χ0) is 14.5. The predicted octanol–water partition coefficient (Wildman–Crippen LogP) is 5.49. The van der Waals surface area contributed by atoms with Gasteiger partial charge in [0.25, 0.3) is 0 Å². The lowest BCUT2D eigenvalue weighted by molar-refractivity contribution is 0.682. The van der Waals surface area contributed by atoms with Crippen molar-refractivity contribution >= 4 is 28.9 Å². The minimum absolute atomic E-state index is 0.396. The van der Waals surface area contributed by atoms with Gasteiger partial charge in [-0.05, 0) is 37.1 Å². The van der Waals surface area contributed by atoms with Crippen molar-refractivity contribution < 1.29 is 0 Å². The molecule has 0 aromatic heterocycles. The van der Waals surface area contributed by atoms with Gasteiger partial charge in [-0.25, -0.2) is 0 Å². The Morgan fingerprint density at radius 3 is 2.30 bits per heavy atom. The van der Waals surface area contributed by atoms with E-state index in [1.165, 1.54) is 5.56 Å². The average molecular weight is 308 g/mol. The highest BCUT2D eigenvalue weighted by Crippen LogP contribution is 2.27. The molecule has 3 heteroatoms. The molecule has 0 aliphatic heterocycles. The summed E-state index contributed by atoms with van der Waals surface area (Å²) in [6, 6.07) is 17.0. The molecule has 2 rings (SSSR count). The SMILES string of the molecule is CC(C)N(Cc1ccccc1)c1ccc(CCl)c(Cl)c1. The van der Waals surface area contributed by atoms with Crippen molar-refractivity contribution in [1.29, 1.82) is 0 Å². The molecule has 2 aromatic rings. The maximum atomic E-state index is 6.27. The molecule has 0 fully saturated rings. The van der Waals surface area contributed by atoms with Crippen molar-refractivity contribution in [1.82, 2.24) is 0 Å². The van der Waals surface area contributed by atoms with Crippen molar-refractivity contribution in [2.45, 2.75) is 32.3 Å². The fourth-order valence-electron chi connectivity index (χ4n) is 2.18. The fraction of sp³-hybridized carbons (Fsp3) is 0.294. The number of rotatable bonds is 5. The van der Waals surface area contributed by atoms with Crippen molar-refractivity contribution in [3.63, 3.8) is 0 Å². The Kier molecular flexibility index (Phi) is 5.33. The summed E-state index contributed by atoms with van der Waals surface area (Å²) >= 11 is 12.1. The van der Waals surface area contributed by atoms with Gasteiger partial charge in [0.1, 0.15) is 0 Å². The van der Waals surface area contributed by atoms with E-state index in [1.807, 2.05) is 18.2 Å². The van der Waals surface area contributed by atoms with Gasteiger partial charge < -0.3 is 4.90 Å². The molecule has 0 atom stereocenters. The largest absolute Gasteiger partial charge is 0.365 e. The highest BCUT2D eigenvalue weighted by atomic mass is 35.5. The molecular formula is C17H19Cl2N. The minimum Gasteiger partial charge on any atom is -0.365 e. The van der Waals surface area contributed by atoms with Crippen LogP contribution < -0.4 is 4.90 Å². The number of halogens is 2. The van der Waals surface area contributed by atoms with E-state index >= 15 is 0 Å². The number of benzene rings is 2. The van der Waals surface area contributed by atoms with Gasteiger partial charge in [-0.1, -0.05) is 48.0 Å². The number of alkyl halides is 1. The first-order valence-electron chi connectivity index (χ1n) is 6.76. The van der Waals surface area contributed by atoms with Gasteiger partial charge in [-0.15, -0.1) is 11.6 Å². The van der Waals surface area contributed by atoms with Gasteiger partial charge in [-0.2, -0.15) is 0 Å². The van der Waals surface area contributed by atoms with Crippen LogP contribution in [-0.4, -0.2) is 6.04 Å². The highest BCUT2D eigenvalue weighted by molar-refractivity contribution is 6.32. The van der Waals surface area contributed by atoms with Gasteiger partial charge in [0, 0.05) is 29.2 Å². The second-order valence-electron chi connectivity index (χ2n) is 5.12. The summed E-state index contributed by atoms with van der Waals surface area (Å²) in [6.45, 7) is 5.24. The van der Waals surface area contributed by atoms with Crippen LogP contribution in [0.3, 0.4) is 0 Å². The summed E-state index contributed by atoms with van der Waals surface area (Å²) in [7, 11) is 0. The summed E-state index contributed by atoms with van der Waals surface area (Å²) in [4.78, 5) is 2.33. The Labute approximate surface area is 131 Å². The smallest absolute Gasteiger partial charge is 0.0488 e. The molecule has 0 saturated heterocycles. The number of hydrogen-bond acceptors (Lipinski definition) is 1. The summed E-state index contributed by atoms with van der Waals surface area (Å²) in [5.74, 6) is 0.444. The Morgan fingerprint density at radius 1 is 1.05 bits per heavy atom. The monoisotopic (exact) mass is 307 g/mol. The molecule has 0 spiro atoms. The Balaban J connectivity index is 2.27.